The van der Waals surface area contributed by atoms with Crippen LogP contribution in [0.25, 0.3) is 0 Å². The zero-order valence-electron chi connectivity index (χ0n) is 12.0. The molecule has 1 heterocycles. The number of aromatic nitrogens is 2. The van der Waals surface area contributed by atoms with Crippen LogP contribution in [-0.2, 0) is 17.4 Å². The lowest BCUT2D eigenvalue weighted by molar-refractivity contribution is -0.137. The molecule has 2 aromatic rings. The Balaban J connectivity index is 2.15. The van der Waals surface area contributed by atoms with E-state index in [0.29, 0.717) is 18.1 Å². The Morgan fingerprint density at radius 1 is 1.23 bits per heavy atom. The third-order valence-electron chi connectivity index (χ3n) is 2.99. The summed E-state index contributed by atoms with van der Waals surface area (Å²) in [6, 6.07) is 4.43. The molecule has 0 N–H and O–H groups in total. The zero-order chi connectivity index (χ0) is 16.3. The Kier molecular flexibility index (Phi) is 4.48. The molecule has 1 aromatic heterocycles. The van der Waals surface area contributed by atoms with Crippen molar-refractivity contribution in [2.45, 2.75) is 26.4 Å². The first-order chi connectivity index (χ1) is 10.3. The van der Waals surface area contributed by atoms with E-state index in [1.165, 1.54) is 17.0 Å². The van der Waals surface area contributed by atoms with Crippen molar-refractivity contribution >= 4 is 11.6 Å². The largest absolute Gasteiger partial charge is 0.425 e. The maximum atomic E-state index is 12.5. The van der Waals surface area contributed by atoms with Gasteiger partial charge in [-0.1, -0.05) is 0 Å². The molecular formula is C14H14F3N3O2. The molecule has 0 aliphatic carbocycles. The Bertz CT molecular complexity index is 650. The first-order valence-corrected chi connectivity index (χ1v) is 6.58. The van der Waals surface area contributed by atoms with Gasteiger partial charge < -0.3 is 9.32 Å². The van der Waals surface area contributed by atoms with Gasteiger partial charge in [-0.3, -0.25) is 4.79 Å². The van der Waals surface area contributed by atoms with Gasteiger partial charge in [0.15, 0.2) is 0 Å². The second-order valence-electron chi connectivity index (χ2n) is 4.57. The first-order valence-electron chi connectivity index (χ1n) is 6.58. The van der Waals surface area contributed by atoms with Crippen LogP contribution in [-0.4, -0.2) is 22.6 Å². The lowest BCUT2D eigenvalue weighted by Crippen LogP contribution is -2.32. The van der Waals surface area contributed by atoms with Crippen molar-refractivity contribution in [2.24, 2.45) is 0 Å². The van der Waals surface area contributed by atoms with Crippen LogP contribution < -0.4 is 4.90 Å². The minimum Gasteiger partial charge on any atom is -0.425 e. The Labute approximate surface area is 124 Å². The summed E-state index contributed by atoms with van der Waals surface area (Å²) in [5.41, 5.74) is -0.371. The number of alkyl halides is 3. The zero-order valence-corrected chi connectivity index (χ0v) is 12.0. The lowest BCUT2D eigenvalue weighted by atomic mass is 10.2. The van der Waals surface area contributed by atoms with Gasteiger partial charge in [-0.2, -0.15) is 13.2 Å². The highest BCUT2D eigenvalue weighted by molar-refractivity contribution is 5.94. The van der Waals surface area contributed by atoms with Gasteiger partial charge in [0.25, 0.3) is 0 Å². The third-order valence-corrected chi connectivity index (χ3v) is 2.99. The average Bonchev–Trinajstić information content (AvgIpc) is 2.84. The van der Waals surface area contributed by atoms with Gasteiger partial charge in [0.1, 0.15) is 6.42 Å². The molecule has 0 aliphatic rings. The molecule has 0 bridgehead atoms. The van der Waals surface area contributed by atoms with E-state index in [-0.39, 0.29) is 18.2 Å². The smallest absolute Gasteiger partial charge is 0.416 e. The van der Waals surface area contributed by atoms with E-state index >= 15 is 0 Å². The van der Waals surface area contributed by atoms with Crippen molar-refractivity contribution in [2.75, 3.05) is 11.4 Å². The molecule has 0 radical (unpaired) electrons. The number of rotatable bonds is 4. The number of nitrogens with zero attached hydrogens (tertiary/aromatic N) is 3. The van der Waals surface area contributed by atoms with E-state index in [0.717, 1.165) is 12.1 Å². The number of carbonyl (C=O) groups excluding carboxylic acids is 1. The summed E-state index contributed by atoms with van der Waals surface area (Å²) in [5.74, 6) is 0.194. The normalized spacial score (nSPS) is 11.5. The fourth-order valence-corrected chi connectivity index (χ4v) is 1.97. The van der Waals surface area contributed by atoms with Crippen LogP contribution in [0.4, 0.5) is 18.9 Å². The Hall–Kier alpha value is -2.38. The quantitative estimate of drug-likeness (QED) is 0.870. The fraction of sp³-hybridized carbons (Fsp3) is 0.357. The van der Waals surface area contributed by atoms with E-state index in [4.69, 9.17) is 4.42 Å². The van der Waals surface area contributed by atoms with Crippen LogP contribution in [0.1, 0.15) is 24.3 Å². The SMILES string of the molecule is CCN(C(=O)Cc1nnc(C)o1)c1ccc(C(F)(F)F)cc1. The highest BCUT2D eigenvalue weighted by Crippen LogP contribution is 2.30. The molecule has 0 unspecified atom stereocenters. The molecule has 2 rings (SSSR count). The summed E-state index contributed by atoms with van der Waals surface area (Å²) >= 11 is 0. The highest BCUT2D eigenvalue weighted by Gasteiger charge is 2.30. The molecule has 22 heavy (non-hydrogen) atoms. The minimum atomic E-state index is -4.40. The first kappa shape index (κ1) is 16.0. The van der Waals surface area contributed by atoms with Crippen molar-refractivity contribution in [1.82, 2.24) is 10.2 Å². The van der Waals surface area contributed by atoms with Crippen LogP contribution in [0.15, 0.2) is 28.7 Å². The number of carbonyl (C=O) groups is 1. The summed E-state index contributed by atoms with van der Waals surface area (Å²) in [5, 5.41) is 7.35. The van der Waals surface area contributed by atoms with Gasteiger partial charge in [-0.05, 0) is 31.2 Å². The maximum absolute atomic E-state index is 12.5. The second kappa shape index (κ2) is 6.17. The molecule has 118 valence electrons. The van der Waals surface area contributed by atoms with Crippen molar-refractivity contribution < 1.29 is 22.4 Å². The fourth-order valence-electron chi connectivity index (χ4n) is 1.97. The summed E-state index contributed by atoms with van der Waals surface area (Å²) in [4.78, 5) is 13.6. The van der Waals surface area contributed by atoms with Crippen LogP contribution >= 0.6 is 0 Å². The number of hydrogen-bond donors (Lipinski definition) is 0. The predicted molar refractivity (Wildman–Crippen MR) is 72.2 cm³/mol. The van der Waals surface area contributed by atoms with Gasteiger partial charge in [0.2, 0.25) is 17.7 Å². The number of anilines is 1. The molecule has 0 saturated carbocycles. The van der Waals surface area contributed by atoms with E-state index in [9.17, 15) is 18.0 Å². The molecule has 8 heteroatoms. The van der Waals surface area contributed by atoms with Crippen molar-refractivity contribution in [3.05, 3.63) is 41.6 Å². The van der Waals surface area contributed by atoms with Crippen molar-refractivity contribution in [3.63, 3.8) is 0 Å². The van der Waals surface area contributed by atoms with E-state index < -0.39 is 11.7 Å². The number of benzene rings is 1. The molecule has 0 spiro atoms. The van der Waals surface area contributed by atoms with Gasteiger partial charge >= 0.3 is 6.18 Å². The molecule has 1 amide bonds. The Morgan fingerprint density at radius 3 is 2.32 bits per heavy atom. The van der Waals surface area contributed by atoms with Gasteiger partial charge in [0.05, 0.1) is 5.56 Å². The summed E-state index contributed by atoms with van der Waals surface area (Å²) in [7, 11) is 0. The Morgan fingerprint density at radius 2 is 1.86 bits per heavy atom. The average molecular weight is 313 g/mol. The minimum absolute atomic E-state index is 0.101. The summed E-state index contributed by atoms with van der Waals surface area (Å²) in [6.45, 7) is 3.65. The lowest BCUT2D eigenvalue weighted by Gasteiger charge is -2.21. The number of aryl methyl sites for hydroxylation is 1. The summed E-state index contributed by atoms with van der Waals surface area (Å²) in [6.07, 6.45) is -4.50. The second-order valence-corrected chi connectivity index (χ2v) is 4.57. The van der Waals surface area contributed by atoms with E-state index in [2.05, 4.69) is 10.2 Å². The summed E-state index contributed by atoms with van der Waals surface area (Å²) < 4.78 is 42.8. The number of hydrogen-bond acceptors (Lipinski definition) is 4. The van der Waals surface area contributed by atoms with Crippen molar-refractivity contribution in [3.8, 4) is 0 Å². The van der Waals surface area contributed by atoms with Gasteiger partial charge in [-0.25, -0.2) is 0 Å². The molecule has 0 saturated heterocycles. The molecule has 0 fully saturated rings. The van der Waals surface area contributed by atoms with Crippen LogP contribution in [0.2, 0.25) is 0 Å². The standard InChI is InChI=1S/C14H14F3N3O2/c1-3-20(13(21)8-12-19-18-9(2)22-12)11-6-4-10(5-7-11)14(15,16)17/h4-7H,3,8H2,1-2H3. The van der Waals surface area contributed by atoms with Crippen LogP contribution in [0, 0.1) is 6.92 Å². The molecule has 5 nitrogen and oxygen atoms in total. The highest BCUT2D eigenvalue weighted by atomic mass is 19.4. The maximum Gasteiger partial charge on any atom is 0.416 e. The number of amides is 1. The molecule has 1 aromatic carbocycles. The van der Waals surface area contributed by atoms with E-state index in [1.54, 1.807) is 13.8 Å². The molecule has 0 aliphatic heterocycles. The monoisotopic (exact) mass is 313 g/mol. The molecular weight excluding hydrogens is 299 g/mol. The van der Waals surface area contributed by atoms with E-state index in [1.807, 2.05) is 0 Å². The van der Waals surface area contributed by atoms with Gasteiger partial charge in [0, 0.05) is 19.2 Å². The number of halogens is 3. The number of likely N-dealkylation sites (N-methyl/N-ethyl adjacent to an activating group) is 1. The van der Waals surface area contributed by atoms with Crippen LogP contribution in [0.5, 0.6) is 0 Å². The van der Waals surface area contributed by atoms with Gasteiger partial charge in [-0.15, -0.1) is 10.2 Å². The van der Waals surface area contributed by atoms with Crippen LogP contribution in [0.3, 0.4) is 0 Å². The third kappa shape index (κ3) is 3.63. The topological polar surface area (TPSA) is 59.2 Å². The predicted octanol–water partition coefficient (Wildman–Crippen LogP) is 2.99. The molecule has 0 atom stereocenters. The van der Waals surface area contributed by atoms with Crippen molar-refractivity contribution in [1.29, 1.82) is 0 Å².